The third kappa shape index (κ3) is 7.34. The zero-order valence-electron chi connectivity index (χ0n) is 26.7. The first-order valence-corrected chi connectivity index (χ1v) is 17.5. The number of rotatable bonds is 8. The van der Waals surface area contributed by atoms with Crippen LogP contribution in [-0.4, -0.2) is 11.6 Å². The Kier molecular flexibility index (Phi) is 12.4. The van der Waals surface area contributed by atoms with Crippen LogP contribution in [-0.2, 0) is 36.4 Å². The van der Waals surface area contributed by atoms with Crippen molar-refractivity contribution in [2.24, 2.45) is 17.3 Å². The molecule has 2 saturated carbocycles. The van der Waals surface area contributed by atoms with Crippen LogP contribution in [0, 0.1) is 17.3 Å². The van der Waals surface area contributed by atoms with Crippen LogP contribution in [0.3, 0.4) is 0 Å². The fourth-order valence-electron chi connectivity index (χ4n) is 8.27. The molecular weight excluding hydrogens is 664 g/mol. The average Bonchev–Trinajstić information content (AvgIpc) is 3.36. The first-order valence-electron chi connectivity index (χ1n) is 15.9. The zero-order chi connectivity index (χ0) is 30.3. The van der Waals surface area contributed by atoms with E-state index in [-0.39, 0.29) is 70.8 Å². The van der Waals surface area contributed by atoms with Crippen molar-refractivity contribution in [2.45, 2.75) is 71.0 Å². The summed E-state index contributed by atoms with van der Waals surface area (Å²) in [4.78, 5) is 25.7. The number of fused-ring (bicyclic) bond motifs is 4. The Balaban J connectivity index is 0.00000167. The molecule has 7 rings (SSSR count). The van der Waals surface area contributed by atoms with Gasteiger partial charge < -0.3 is 9.05 Å². The van der Waals surface area contributed by atoms with E-state index in [0.29, 0.717) is 35.8 Å². The summed E-state index contributed by atoms with van der Waals surface area (Å²) in [6, 6.07) is 27.3. The number of hydrogen-bond acceptors (Lipinski definition) is 5. The molecule has 0 heterocycles. The van der Waals surface area contributed by atoms with Gasteiger partial charge in [-0.05, 0) is 90.0 Å². The maximum atomic E-state index is 14.4. The molecule has 47 heavy (non-hydrogen) atoms. The lowest BCUT2D eigenvalue weighted by Crippen LogP contribution is -2.43. The van der Waals surface area contributed by atoms with Gasteiger partial charge in [-0.15, -0.1) is 0 Å². The van der Waals surface area contributed by atoms with E-state index in [4.69, 9.17) is 9.05 Å². The lowest BCUT2D eigenvalue weighted by atomic mass is 9.53. The molecule has 0 amide bonds. The lowest BCUT2D eigenvalue weighted by molar-refractivity contribution is -0.128. The van der Waals surface area contributed by atoms with E-state index in [2.05, 4.69) is 19.1 Å². The molecule has 0 spiro atoms. The number of benzene rings is 3. The van der Waals surface area contributed by atoms with Gasteiger partial charge >= 0.3 is 7.60 Å². The number of hydrogen-bond donors (Lipinski definition) is 0. The molecular formula is C38H45O5PS3. The summed E-state index contributed by atoms with van der Waals surface area (Å²) in [5, 5.41) is 0.520. The molecule has 9 heteroatoms. The Labute approximate surface area is 299 Å². The van der Waals surface area contributed by atoms with E-state index >= 15 is 0 Å². The first-order chi connectivity index (χ1) is 21.3. The largest absolute Gasteiger partial charge is 0.361 e. The van der Waals surface area contributed by atoms with Crippen molar-refractivity contribution in [3.05, 3.63) is 124 Å². The van der Waals surface area contributed by atoms with Crippen molar-refractivity contribution in [1.82, 2.24) is 0 Å². The molecule has 0 bridgehead atoms. The lowest BCUT2D eigenvalue weighted by Gasteiger charge is -2.50. The molecule has 0 N–H and O–H groups in total. The second-order valence-electron chi connectivity index (χ2n) is 13.1. The third-order valence-corrected chi connectivity index (χ3v) is 12.4. The van der Waals surface area contributed by atoms with E-state index in [1.807, 2.05) is 78.9 Å². The Morgan fingerprint density at radius 1 is 0.745 bits per heavy atom. The molecule has 0 saturated heterocycles. The molecule has 2 fully saturated rings. The number of carbonyl (C=O) groups is 2. The van der Waals surface area contributed by atoms with Crippen LogP contribution in [0.5, 0.6) is 0 Å². The molecule has 3 aromatic carbocycles. The molecule has 4 aliphatic carbocycles. The predicted octanol–water partition coefficient (Wildman–Crippen LogP) is 8.75. The molecule has 250 valence electrons. The molecule has 0 aromatic heterocycles. The topological polar surface area (TPSA) is 69.7 Å². The summed E-state index contributed by atoms with van der Waals surface area (Å²) >= 11 is 0. The van der Waals surface area contributed by atoms with Crippen LogP contribution in [0.2, 0.25) is 0 Å². The van der Waals surface area contributed by atoms with Gasteiger partial charge in [0.05, 0.1) is 18.5 Å². The molecule has 0 unspecified atom stereocenters. The number of allylic oxidation sites excluding steroid dienone is 4. The Bertz CT molecular complexity index is 1640. The van der Waals surface area contributed by atoms with Gasteiger partial charge in [0.25, 0.3) is 0 Å². The Hall–Kier alpha value is -2.32. The molecule has 4 atom stereocenters. The van der Waals surface area contributed by atoms with Crippen molar-refractivity contribution in [3.63, 3.8) is 0 Å². The highest BCUT2D eigenvalue weighted by Crippen LogP contribution is 2.62. The van der Waals surface area contributed by atoms with E-state index in [1.54, 1.807) is 0 Å². The van der Waals surface area contributed by atoms with Crippen LogP contribution >= 0.6 is 48.1 Å². The minimum atomic E-state index is -3.68. The van der Waals surface area contributed by atoms with Crippen LogP contribution in [0.25, 0.3) is 0 Å². The highest BCUT2D eigenvalue weighted by atomic mass is 32.1. The zero-order valence-corrected chi connectivity index (χ0v) is 30.6. The minimum absolute atomic E-state index is 0. The fourth-order valence-corrected chi connectivity index (χ4v) is 9.80. The van der Waals surface area contributed by atoms with Gasteiger partial charge in [-0.3, -0.25) is 14.2 Å². The number of Topliss-reactive ketones (excluding diaryl/α,β-unsaturated/α-hetero) is 1. The fraction of sp³-hybridized carbons (Fsp3) is 0.368. The van der Waals surface area contributed by atoms with Gasteiger partial charge in [-0.1, -0.05) is 85.3 Å². The third-order valence-electron chi connectivity index (χ3n) is 10.5. The average molecular weight is 709 g/mol. The molecule has 4 aliphatic rings. The highest BCUT2D eigenvalue weighted by molar-refractivity contribution is 7.62. The molecule has 0 radical (unpaired) electrons. The Morgan fingerprint density at radius 2 is 1.34 bits per heavy atom. The number of ketones is 2. The van der Waals surface area contributed by atoms with Gasteiger partial charge in [-0.2, -0.15) is 40.5 Å². The normalized spacial score (nSPS) is 24.9. The quantitative estimate of drug-likeness (QED) is 0.219. The SMILES string of the molecule is C[C@]12C[C@H](c3ccc(P(=O)(OCc4ccccc4)OCc4ccccc4)cc3)C3=C4CCC(=O)C=C4CC[C@H]3[C@@H]1CCC2=O.S.S.S. The van der Waals surface area contributed by atoms with Gasteiger partial charge in [0.2, 0.25) is 0 Å². The van der Waals surface area contributed by atoms with Crippen molar-refractivity contribution in [3.8, 4) is 0 Å². The van der Waals surface area contributed by atoms with Crippen LogP contribution in [0.4, 0.5) is 0 Å². The van der Waals surface area contributed by atoms with Gasteiger partial charge in [-0.25, -0.2) is 0 Å². The van der Waals surface area contributed by atoms with E-state index < -0.39 is 7.60 Å². The van der Waals surface area contributed by atoms with Crippen LogP contribution < -0.4 is 5.30 Å². The number of carbonyl (C=O) groups excluding carboxylic acids is 2. The summed E-state index contributed by atoms with van der Waals surface area (Å²) in [5.41, 5.74) is 6.64. The highest BCUT2D eigenvalue weighted by Gasteiger charge is 2.56. The summed E-state index contributed by atoms with van der Waals surface area (Å²) in [6.45, 7) is 2.53. The van der Waals surface area contributed by atoms with E-state index in [1.165, 1.54) is 16.7 Å². The monoisotopic (exact) mass is 708 g/mol. The summed E-state index contributed by atoms with van der Waals surface area (Å²) in [7, 11) is -3.68. The van der Waals surface area contributed by atoms with Gasteiger partial charge in [0.15, 0.2) is 5.78 Å². The second-order valence-corrected chi connectivity index (χ2v) is 15.1. The van der Waals surface area contributed by atoms with Crippen LogP contribution in [0.15, 0.2) is 108 Å². The van der Waals surface area contributed by atoms with Crippen molar-refractivity contribution in [1.29, 1.82) is 0 Å². The van der Waals surface area contributed by atoms with Crippen LogP contribution in [0.1, 0.15) is 74.5 Å². The maximum Gasteiger partial charge on any atom is 0.361 e. The molecule has 0 aliphatic heterocycles. The summed E-state index contributed by atoms with van der Waals surface area (Å²) in [6.07, 6.45) is 7.53. The maximum absolute atomic E-state index is 14.4. The van der Waals surface area contributed by atoms with E-state index in [9.17, 15) is 14.2 Å². The standard InChI is InChI=1S/C38H39O5P.3H2S/c1-38-23-34(37-32-19-15-30(39)22-29(32)14-18-33(37)35(38)20-21-36(38)40)28-12-16-31(17-13-28)44(41,42-24-26-8-4-2-5-9-26)43-25-27-10-6-3-7-11-27;;;/h2-13,16-17,22,33-35H,14-15,18-21,23-25H2,1H3;3*1H2/t33-,34+,35-,38-;;;/m0.../s1. The van der Waals surface area contributed by atoms with Gasteiger partial charge in [0.1, 0.15) is 5.78 Å². The van der Waals surface area contributed by atoms with Crippen molar-refractivity contribution in [2.75, 3.05) is 0 Å². The predicted molar refractivity (Wildman–Crippen MR) is 203 cm³/mol. The van der Waals surface area contributed by atoms with Crippen molar-refractivity contribution < 1.29 is 23.2 Å². The minimum Gasteiger partial charge on any atom is -0.300 e. The smallest absolute Gasteiger partial charge is 0.300 e. The van der Waals surface area contributed by atoms with Crippen molar-refractivity contribution >= 4 is 65.0 Å². The summed E-state index contributed by atoms with van der Waals surface area (Å²) in [5.74, 6) is 1.42. The molecule has 3 aromatic rings. The second kappa shape index (κ2) is 15.5. The Morgan fingerprint density at radius 3 is 1.94 bits per heavy atom. The first kappa shape index (κ1) is 37.5. The summed E-state index contributed by atoms with van der Waals surface area (Å²) < 4.78 is 26.6. The van der Waals surface area contributed by atoms with E-state index in [0.717, 1.165) is 48.8 Å². The van der Waals surface area contributed by atoms with Gasteiger partial charge in [0, 0.05) is 24.2 Å². The molecule has 5 nitrogen and oxygen atoms in total.